The Balaban J connectivity index is 1.74. The molecule has 1 aliphatic rings. The normalized spacial score (nSPS) is 19.4. The second-order valence-corrected chi connectivity index (χ2v) is 6.09. The summed E-state index contributed by atoms with van der Waals surface area (Å²) in [5.41, 5.74) is 3.12. The molecule has 2 heterocycles. The average molecular weight is 297 g/mol. The molecule has 1 aromatic carbocycles. The number of aryl methyl sites for hydroxylation is 2. The summed E-state index contributed by atoms with van der Waals surface area (Å²) in [7, 11) is 0. The molecule has 0 bridgehead atoms. The fraction of sp³-hybridized carbons (Fsp3) is 0.444. The molecule has 0 spiro atoms. The highest BCUT2D eigenvalue weighted by Crippen LogP contribution is 2.29. The van der Waals surface area contributed by atoms with Gasteiger partial charge in [0.2, 0.25) is 5.95 Å². The van der Waals surface area contributed by atoms with Crippen LogP contribution in [0, 0.1) is 13.8 Å². The molecule has 0 amide bonds. The monoisotopic (exact) mass is 297 g/mol. The molecule has 3 rings (SSSR count). The SMILES string of the molecule is Cc1cnc(N2CCC[C@H]2C[C@H](O)c2ccccc2)nc1C. The van der Waals surface area contributed by atoms with Gasteiger partial charge in [0, 0.05) is 24.5 Å². The van der Waals surface area contributed by atoms with E-state index >= 15 is 0 Å². The van der Waals surface area contributed by atoms with Crippen LogP contribution in [0.4, 0.5) is 5.95 Å². The number of rotatable bonds is 4. The highest BCUT2D eigenvalue weighted by Gasteiger charge is 2.29. The third-order valence-corrected chi connectivity index (χ3v) is 4.53. The Morgan fingerprint density at radius 2 is 2.05 bits per heavy atom. The van der Waals surface area contributed by atoms with Gasteiger partial charge in [0.05, 0.1) is 6.10 Å². The average Bonchev–Trinajstić information content (AvgIpc) is 2.99. The molecule has 0 aliphatic carbocycles. The van der Waals surface area contributed by atoms with E-state index in [9.17, 15) is 5.11 Å². The maximum atomic E-state index is 10.5. The minimum Gasteiger partial charge on any atom is -0.388 e. The molecule has 1 N–H and O–H groups in total. The van der Waals surface area contributed by atoms with E-state index in [0.29, 0.717) is 6.04 Å². The Bertz CT molecular complexity index is 629. The second kappa shape index (κ2) is 6.44. The standard InChI is InChI=1S/C18H23N3O/c1-13-12-19-18(20-14(13)2)21-10-6-9-16(21)11-17(22)15-7-4-3-5-8-15/h3-5,7-8,12,16-17,22H,6,9-11H2,1-2H3/t16-,17-/m0/s1. The van der Waals surface area contributed by atoms with Crippen LogP contribution in [0.1, 0.15) is 42.2 Å². The smallest absolute Gasteiger partial charge is 0.225 e. The van der Waals surface area contributed by atoms with Crippen LogP contribution in [0.25, 0.3) is 0 Å². The fourth-order valence-corrected chi connectivity index (χ4v) is 3.07. The summed E-state index contributed by atoms with van der Waals surface area (Å²) in [6, 6.07) is 10.2. The first-order valence-electron chi connectivity index (χ1n) is 7.95. The van der Waals surface area contributed by atoms with Gasteiger partial charge in [-0.3, -0.25) is 0 Å². The lowest BCUT2D eigenvalue weighted by Crippen LogP contribution is -2.32. The Labute approximate surface area is 131 Å². The van der Waals surface area contributed by atoms with Gasteiger partial charge in [-0.2, -0.15) is 0 Å². The van der Waals surface area contributed by atoms with Gasteiger partial charge in [-0.25, -0.2) is 9.97 Å². The van der Waals surface area contributed by atoms with Crippen molar-refractivity contribution >= 4 is 5.95 Å². The van der Waals surface area contributed by atoms with Crippen LogP contribution < -0.4 is 4.90 Å². The van der Waals surface area contributed by atoms with E-state index in [0.717, 1.165) is 48.6 Å². The lowest BCUT2D eigenvalue weighted by Gasteiger charge is -2.27. The lowest BCUT2D eigenvalue weighted by atomic mass is 10.0. The van der Waals surface area contributed by atoms with Crippen LogP contribution in [-0.2, 0) is 0 Å². The zero-order valence-corrected chi connectivity index (χ0v) is 13.2. The molecule has 1 aliphatic heterocycles. The number of aliphatic hydroxyl groups is 1. The molecule has 22 heavy (non-hydrogen) atoms. The minimum atomic E-state index is -0.432. The van der Waals surface area contributed by atoms with Crippen LogP contribution in [0.15, 0.2) is 36.5 Å². The molecule has 1 saturated heterocycles. The quantitative estimate of drug-likeness (QED) is 0.941. The lowest BCUT2D eigenvalue weighted by molar-refractivity contribution is 0.158. The van der Waals surface area contributed by atoms with Crippen molar-refractivity contribution in [1.82, 2.24) is 9.97 Å². The number of hydrogen-bond acceptors (Lipinski definition) is 4. The number of benzene rings is 1. The van der Waals surface area contributed by atoms with Crippen molar-refractivity contribution in [2.45, 2.75) is 45.3 Å². The van der Waals surface area contributed by atoms with Gasteiger partial charge in [0.1, 0.15) is 0 Å². The predicted molar refractivity (Wildman–Crippen MR) is 87.9 cm³/mol. The largest absolute Gasteiger partial charge is 0.388 e. The van der Waals surface area contributed by atoms with Gasteiger partial charge in [0.15, 0.2) is 0 Å². The van der Waals surface area contributed by atoms with Crippen LogP contribution in [0.2, 0.25) is 0 Å². The Hall–Kier alpha value is -1.94. The molecule has 0 saturated carbocycles. The van der Waals surface area contributed by atoms with Crippen molar-refractivity contribution < 1.29 is 5.11 Å². The molecule has 2 aromatic rings. The highest BCUT2D eigenvalue weighted by molar-refractivity contribution is 5.36. The molecule has 2 atom stereocenters. The first-order valence-corrected chi connectivity index (χ1v) is 7.95. The van der Waals surface area contributed by atoms with Crippen molar-refractivity contribution in [3.63, 3.8) is 0 Å². The summed E-state index contributed by atoms with van der Waals surface area (Å²) in [5, 5.41) is 10.5. The molecule has 4 heteroatoms. The molecular formula is C18H23N3O. The summed E-state index contributed by atoms with van der Waals surface area (Å²) in [5.74, 6) is 0.797. The van der Waals surface area contributed by atoms with E-state index in [2.05, 4.69) is 14.9 Å². The molecule has 1 fully saturated rings. The van der Waals surface area contributed by atoms with Gasteiger partial charge in [0.25, 0.3) is 0 Å². The summed E-state index contributed by atoms with van der Waals surface area (Å²) in [4.78, 5) is 11.4. The number of aromatic nitrogens is 2. The molecular weight excluding hydrogens is 274 g/mol. The van der Waals surface area contributed by atoms with E-state index in [1.807, 2.05) is 50.4 Å². The highest BCUT2D eigenvalue weighted by atomic mass is 16.3. The Morgan fingerprint density at radius 3 is 2.77 bits per heavy atom. The van der Waals surface area contributed by atoms with Gasteiger partial charge in [-0.1, -0.05) is 30.3 Å². The first-order chi connectivity index (χ1) is 10.6. The van der Waals surface area contributed by atoms with E-state index in [4.69, 9.17) is 0 Å². The topological polar surface area (TPSA) is 49.2 Å². The third-order valence-electron chi connectivity index (χ3n) is 4.53. The van der Waals surface area contributed by atoms with Gasteiger partial charge in [-0.15, -0.1) is 0 Å². The van der Waals surface area contributed by atoms with Crippen LogP contribution in [0.5, 0.6) is 0 Å². The van der Waals surface area contributed by atoms with E-state index in [1.165, 1.54) is 0 Å². The third kappa shape index (κ3) is 3.12. The summed E-state index contributed by atoms with van der Waals surface area (Å²) < 4.78 is 0. The summed E-state index contributed by atoms with van der Waals surface area (Å²) in [6.45, 7) is 5.01. The van der Waals surface area contributed by atoms with Crippen LogP contribution >= 0.6 is 0 Å². The van der Waals surface area contributed by atoms with Crippen molar-refractivity contribution in [1.29, 1.82) is 0 Å². The van der Waals surface area contributed by atoms with Crippen LogP contribution in [0.3, 0.4) is 0 Å². The summed E-state index contributed by atoms with van der Waals surface area (Å²) >= 11 is 0. The Morgan fingerprint density at radius 1 is 1.27 bits per heavy atom. The Kier molecular flexibility index (Phi) is 4.39. The molecule has 4 nitrogen and oxygen atoms in total. The van der Waals surface area contributed by atoms with Crippen molar-refractivity contribution in [3.8, 4) is 0 Å². The predicted octanol–water partition coefficient (Wildman–Crippen LogP) is 3.19. The number of anilines is 1. The molecule has 116 valence electrons. The fourth-order valence-electron chi connectivity index (χ4n) is 3.07. The van der Waals surface area contributed by atoms with E-state index in [1.54, 1.807) is 0 Å². The molecule has 0 radical (unpaired) electrons. The van der Waals surface area contributed by atoms with Crippen molar-refractivity contribution in [2.75, 3.05) is 11.4 Å². The zero-order valence-electron chi connectivity index (χ0n) is 13.2. The zero-order chi connectivity index (χ0) is 15.5. The molecule has 1 aromatic heterocycles. The van der Waals surface area contributed by atoms with Gasteiger partial charge in [-0.05, 0) is 44.2 Å². The van der Waals surface area contributed by atoms with Gasteiger partial charge < -0.3 is 10.0 Å². The van der Waals surface area contributed by atoms with Crippen molar-refractivity contribution in [2.24, 2.45) is 0 Å². The first kappa shape index (κ1) is 15.0. The maximum Gasteiger partial charge on any atom is 0.225 e. The maximum absolute atomic E-state index is 10.5. The van der Waals surface area contributed by atoms with Crippen LogP contribution in [-0.4, -0.2) is 27.7 Å². The van der Waals surface area contributed by atoms with Gasteiger partial charge >= 0.3 is 0 Å². The van der Waals surface area contributed by atoms with Crippen molar-refractivity contribution in [3.05, 3.63) is 53.3 Å². The second-order valence-electron chi connectivity index (χ2n) is 6.09. The van der Waals surface area contributed by atoms with E-state index in [-0.39, 0.29) is 0 Å². The molecule has 0 unspecified atom stereocenters. The number of aliphatic hydroxyl groups excluding tert-OH is 1. The number of hydrogen-bond donors (Lipinski definition) is 1. The minimum absolute atomic E-state index is 0.303. The summed E-state index contributed by atoms with van der Waals surface area (Å²) in [6.07, 6.45) is 4.39. The van der Waals surface area contributed by atoms with E-state index < -0.39 is 6.10 Å². The number of nitrogens with zero attached hydrogens (tertiary/aromatic N) is 3.